The van der Waals surface area contributed by atoms with Gasteiger partial charge in [0.1, 0.15) is 0 Å². The summed E-state index contributed by atoms with van der Waals surface area (Å²) in [6.45, 7) is 1.60. The topological polar surface area (TPSA) is 9.23 Å². The van der Waals surface area contributed by atoms with Gasteiger partial charge >= 0.3 is 0 Å². The van der Waals surface area contributed by atoms with Gasteiger partial charge in [0.15, 0.2) is 0 Å². The Morgan fingerprint density at radius 3 is 2.42 bits per heavy atom. The molecule has 0 bridgehead atoms. The van der Waals surface area contributed by atoms with E-state index < -0.39 is 0 Å². The van der Waals surface area contributed by atoms with Gasteiger partial charge in [-0.25, -0.2) is 0 Å². The van der Waals surface area contributed by atoms with E-state index in [-0.39, 0.29) is 0 Å². The smallest absolute Gasteiger partial charge is 0.0725 e. The first-order valence-corrected chi connectivity index (χ1v) is 8.59. The molecule has 0 N–H and O–H groups in total. The van der Waals surface area contributed by atoms with Crippen LogP contribution >= 0.6 is 15.9 Å². The van der Waals surface area contributed by atoms with E-state index >= 15 is 0 Å². The van der Waals surface area contributed by atoms with Crippen molar-refractivity contribution in [2.45, 2.75) is 63.0 Å². The van der Waals surface area contributed by atoms with Crippen molar-refractivity contribution >= 4 is 15.9 Å². The molecule has 1 aliphatic heterocycles. The van der Waals surface area contributed by atoms with E-state index in [4.69, 9.17) is 4.74 Å². The lowest BCUT2D eigenvalue weighted by Crippen LogP contribution is -2.10. The van der Waals surface area contributed by atoms with Gasteiger partial charge in [-0.15, -0.1) is 0 Å². The highest BCUT2D eigenvalue weighted by atomic mass is 79.9. The Hall–Kier alpha value is -0.340. The first-order valence-electron chi connectivity index (χ1n) is 7.68. The fraction of sp³-hybridized carbons (Fsp3) is 0.647. The van der Waals surface area contributed by atoms with Gasteiger partial charge < -0.3 is 4.74 Å². The van der Waals surface area contributed by atoms with Crippen molar-refractivity contribution < 1.29 is 4.74 Å². The van der Waals surface area contributed by atoms with Crippen LogP contribution in [0.25, 0.3) is 0 Å². The summed E-state index contributed by atoms with van der Waals surface area (Å²) in [6, 6.07) is 6.92. The number of ether oxygens (including phenoxy) is 1. The predicted octanol–water partition coefficient (Wildman–Crippen LogP) is 5.51. The number of rotatable bonds is 2. The second-order valence-electron chi connectivity index (χ2n) is 6.03. The number of alkyl halides is 1. The third kappa shape index (κ3) is 3.22. The number of benzene rings is 1. The van der Waals surface area contributed by atoms with Crippen molar-refractivity contribution in [1.29, 1.82) is 0 Å². The van der Waals surface area contributed by atoms with E-state index in [1.165, 1.54) is 61.6 Å². The molecule has 1 aromatic rings. The Labute approximate surface area is 124 Å². The number of halogens is 1. The summed E-state index contributed by atoms with van der Waals surface area (Å²) in [5, 5.41) is 0. The zero-order valence-electron chi connectivity index (χ0n) is 11.5. The maximum Gasteiger partial charge on any atom is 0.0725 e. The van der Waals surface area contributed by atoms with Crippen molar-refractivity contribution in [3.05, 3.63) is 34.9 Å². The normalized spacial score (nSPS) is 22.6. The van der Waals surface area contributed by atoms with E-state index in [0.717, 1.165) is 19.1 Å². The second-order valence-corrected chi connectivity index (χ2v) is 7.01. The Balaban J connectivity index is 1.72. The molecule has 0 saturated heterocycles. The summed E-state index contributed by atoms with van der Waals surface area (Å²) in [5.41, 5.74) is 4.23. The van der Waals surface area contributed by atoms with Crippen LogP contribution in [0.1, 0.15) is 66.5 Å². The molecule has 1 atom stereocenters. The molecule has 3 rings (SSSR count). The quantitative estimate of drug-likeness (QED) is 0.652. The molecule has 19 heavy (non-hydrogen) atoms. The molecule has 1 aromatic carbocycles. The molecule has 2 aliphatic rings. The molecule has 0 radical (unpaired) electrons. The van der Waals surface area contributed by atoms with Gasteiger partial charge in [-0.3, -0.25) is 0 Å². The van der Waals surface area contributed by atoms with Gasteiger partial charge in [0.05, 0.1) is 13.2 Å². The predicted molar refractivity (Wildman–Crippen MR) is 82.4 cm³/mol. The first kappa shape index (κ1) is 13.6. The summed E-state index contributed by atoms with van der Waals surface area (Å²) >= 11 is 3.98. The van der Waals surface area contributed by atoms with Crippen LogP contribution in [0.5, 0.6) is 0 Å². The zero-order valence-corrected chi connectivity index (χ0v) is 13.1. The van der Waals surface area contributed by atoms with Crippen molar-refractivity contribution in [3.8, 4) is 0 Å². The lowest BCUT2D eigenvalue weighted by Gasteiger charge is -2.25. The third-order valence-corrected chi connectivity index (χ3v) is 5.90. The van der Waals surface area contributed by atoms with Gasteiger partial charge in [0.2, 0.25) is 0 Å². The van der Waals surface area contributed by atoms with Crippen LogP contribution in [0.2, 0.25) is 0 Å². The molecular formula is C17H23BrO. The van der Waals surface area contributed by atoms with E-state index in [0.29, 0.717) is 4.83 Å². The minimum atomic E-state index is 0.525. The van der Waals surface area contributed by atoms with Crippen molar-refractivity contribution in [2.24, 2.45) is 5.92 Å². The van der Waals surface area contributed by atoms with Crippen LogP contribution in [-0.4, -0.2) is 0 Å². The largest absolute Gasteiger partial charge is 0.372 e. The Morgan fingerprint density at radius 1 is 0.947 bits per heavy atom. The highest BCUT2D eigenvalue weighted by Crippen LogP contribution is 2.39. The zero-order chi connectivity index (χ0) is 13.1. The summed E-state index contributed by atoms with van der Waals surface area (Å²) < 4.78 is 5.52. The molecular weight excluding hydrogens is 300 g/mol. The van der Waals surface area contributed by atoms with E-state index in [1.807, 2.05) is 0 Å². The fourth-order valence-electron chi connectivity index (χ4n) is 3.42. The van der Waals surface area contributed by atoms with Gasteiger partial charge in [-0.1, -0.05) is 66.2 Å². The van der Waals surface area contributed by atoms with Crippen LogP contribution in [0, 0.1) is 5.92 Å². The SMILES string of the molecule is BrC(c1ccc2c(c1)COC2)C1CCCCCCC1. The lowest BCUT2D eigenvalue weighted by molar-refractivity contribution is 0.134. The van der Waals surface area contributed by atoms with Crippen LogP contribution < -0.4 is 0 Å². The summed E-state index contributed by atoms with van der Waals surface area (Å²) in [7, 11) is 0. The van der Waals surface area contributed by atoms with Crippen LogP contribution in [0.15, 0.2) is 18.2 Å². The summed E-state index contributed by atoms with van der Waals surface area (Å²) in [6.07, 6.45) is 9.85. The highest BCUT2D eigenvalue weighted by molar-refractivity contribution is 9.09. The average Bonchev–Trinajstić information content (AvgIpc) is 2.84. The Morgan fingerprint density at radius 2 is 1.63 bits per heavy atom. The van der Waals surface area contributed by atoms with Crippen LogP contribution in [0.3, 0.4) is 0 Å². The number of hydrogen-bond donors (Lipinski definition) is 0. The maximum atomic E-state index is 5.52. The van der Waals surface area contributed by atoms with Crippen molar-refractivity contribution in [2.75, 3.05) is 0 Å². The van der Waals surface area contributed by atoms with Gasteiger partial charge in [0, 0.05) is 4.83 Å². The molecule has 0 aromatic heterocycles. The van der Waals surface area contributed by atoms with Crippen molar-refractivity contribution in [1.82, 2.24) is 0 Å². The fourth-order valence-corrected chi connectivity index (χ4v) is 4.23. The second kappa shape index (κ2) is 6.41. The Bertz CT molecular complexity index is 421. The lowest BCUT2D eigenvalue weighted by atomic mass is 9.86. The first-order chi connectivity index (χ1) is 9.34. The van der Waals surface area contributed by atoms with Crippen LogP contribution in [-0.2, 0) is 18.0 Å². The van der Waals surface area contributed by atoms with E-state index in [1.54, 1.807) is 0 Å². The monoisotopic (exact) mass is 322 g/mol. The molecule has 1 heterocycles. The molecule has 1 saturated carbocycles. The van der Waals surface area contributed by atoms with E-state index in [2.05, 4.69) is 34.1 Å². The van der Waals surface area contributed by atoms with Gasteiger partial charge in [0.25, 0.3) is 0 Å². The maximum absolute atomic E-state index is 5.52. The Kier molecular flexibility index (Phi) is 4.60. The molecule has 1 unspecified atom stereocenters. The average molecular weight is 323 g/mol. The number of hydrogen-bond acceptors (Lipinski definition) is 1. The van der Waals surface area contributed by atoms with Gasteiger partial charge in [-0.2, -0.15) is 0 Å². The van der Waals surface area contributed by atoms with E-state index in [9.17, 15) is 0 Å². The molecule has 0 spiro atoms. The molecule has 2 heteroatoms. The molecule has 1 fully saturated rings. The summed E-state index contributed by atoms with van der Waals surface area (Å²) in [5.74, 6) is 0.806. The molecule has 1 nitrogen and oxygen atoms in total. The van der Waals surface area contributed by atoms with Crippen LogP contribution in [0.4, 0.5) is 0 Å². The standard InChI is InChI=1S/C17H23BrO/c18-17(13-6-4-2-1-3-5-7-13)14-8-9-15-11-19-12-16(15)10-14/h8-10,13,17H,1-7,11-12H2. The summed E-state index contributed by atoms with van der Waals surface area (Å²) in [4.78, 5) is 0.525. The van der Waals surface area contributed by atoms with Gasteiger partial charge in [-0.05, 0) is 35.4 Å². The molecule has 0 amide bonds. The molecule has 104 valence electrons. The third-order valence-electron chi connectivity index (χ3n) is 4.63. The minimum Gasteiger partial charge on any atom is -0.372 e. The highest BCUT2D eigenvalue weighted by Gasteiger charge is 2.22. The molecule has 1 aliphatic carbocycles. The minimum absolute atomic E-state index is 0.525. The number of fused-ring (bicyclic) bond motifs is 1. The van der Waals surface area contributed by atoms with Crippen molar-refractivity contribution in [3.63, 3.8) is 0 Å².